The number of hydrogen-bond acceptors (Lipinski definition) is 2. The van der Waals surface area contributed by atoms with Crippen molar-refractivity contribution in [2.75, 3.05) is 19.1 Å². The van der Waals surface area contributed by atoms with Crippen LogP contribution in [-0.2, 0) is 0 Å². The average molecular weight is 137 g/mol. The van der Waals surface area contributed by atoms with Crippen molar-refractivity contribution in [2.24, 2.45) is 0 Å². The zero-order chi connectivity index (χ0) is 6.62. The summed E-state index contributed by atoms with van der Waals surface area (Å²) >= 11 is 0. The topological polar surface area (TPSA) is 32.3 Å². The number of hydrogen-bond donors (Lipinski definition) is 2. The molecule has 2 N–H and O–H groups in total. The summed E-state index contributed by atoms with van der Waals surface area (Å²) in [5, 5.41) is 0. The molecule has 0 spiro atoms. The monoisotopic (exact) mass is 137 g/mol. The average Bonchev–Trinajstić information content (AvgIpc) is 1.59. The Morgan fingerprint density at radius 1 is 1.50 bits per heavy atom. The first-order valence-electron chi connectivity index (χ1n) is 2.76. The molecule has 0 aliphatic rings. The fourth-order valence-corrected chi connectivity index (χ4v) is 1.06. The molecular formula is C5H15NOS. The van der Waals surface area contributed by atoms with Gasteiger partial charge in [0.2, 0.25) is 0 Å². The van der Waals surface area contributed by atoms with E-state index in [0.717, 1.165) is 13.0 Å². The molecule has 0 atom stereocenters. The lowest BCUT2D eigenvalue weighted by atomic mass is 10.5. The quantitative estimate of drug-likeness (QED) is 0.617. The normalized spacial score (nSPS) is 14.0. The van der Waals surface area contributed by atoms with Crippen molar-refractivity contribution < 1.29 is 4.55 Å². The minimum atomic E-state index is -1.44. The molecule has 0 heterocycles. The van der Waals surface area contributed by atoms with Crippen molar-refractivity contribution in [1.29, 1.82) is 0 Å². The molecule has 0 aromatic rings. The minimum absolute atomic E-state index is 0.916. The van der Waals surface area contributed by atoms with Crippen LogP contribution in [0.15, 0.2) is 0 Å². The van der Waals surface area contributed by atoms with Gasteiger partial charge in [0.25, 0.3) is 0 Å². The van der Waals surface area contributed by atoms with E-state index in [2.05, 4.69) is 11.6 Å². The van der Waals surface area contributed by atoms with Crippen molar-refractivity contribution in [3.8, 4) is 0 Å². The highest BCUT2D eigenvalue weighted by atomic mass is 32.3. The van der Waals surface area contributed by atoms with E-state index in [4.69, 9.17) is 4.55 Å². The summed E-state index contributed by atoms with van der Waals surface area (Å²) in [4.78, 5) is 0. The van der Waals surface area contributed by atoms with E-state index in [1.54, 1.807) is 0 Å². The van der Waals surface area contributed by atoms with Gasteiger partial charge in [-0.05, 0) is 18.9 Å². The molecule has 0 radical (unpaired) electrons. The van der Waals surface area contributed by atoms with Gasteiger partial charge in [0.15, 0.2) is 0 Å². The van der Waals surface area contributed by atoms with Crippen molar-refractivity contribution in [3.05, 3.63) is 0 Å². The Kier molecular flexibility index (Phi) is 3.44. The third-order valence-electron chi connectivity index (χ3n) is 0.705. The van der Waals surface area contributed by atoms with Crippen LogP contribution in [0.2, 0.25) is 0 Å². The SMILES string of the molecule is CCCNS(C)(C)O. The molecule has 2 nitrogen and oxygen atoms in total. The highest BCUT2D eigenvalue weighted by Crippen LogP contribution is 2.26. The molecule has 8 heavy (non-hydrogen) atoms. The lowest BCUT2D eigenvalue weighted by Gasteiger charge is -2.24. The van der Waals surface area contributed by atoms with Crippen LogP contribution in [0.4, 0.5) is 0 Å². The zero-order valence-corrected chi connectivity index (χ0v) is 6.59. The number of rotatable bonds is 3. The van der Waals surface area contributed by atoms with Crippen LogP contribution in [0, 0.1) is 0 Å². The van der Waals surface area contributed by atoms with Gasteiger partial charge < -0.3 is 4.55 Å². The van der Waals surface area contributed by atoms with E-state index in [1.165, 1.54) is 0 Å². The summed E-state index contributed by atoms with van der Waals surface area (Å²) in [6.45, 7) is 3.00. The molecule has 0 bridgehead atoms. The Balaban J connectivity index is 3.11. The molecule has 0 amide bonds. The fourth-order valence-electron chi connectivity index (χ4n) is 0.352. The fraction of sp³-hybridized carbons (Fsp3) is 1.00. The summed E-state index contributed by atoms with van der Waals surface area (Å²) in [5.41, 5.74) is 0. The summed E-state index contributed by atoms with van der Waals surface area (Å²) in [5.74, 6) is 0. The summed E-state index contributed by atoms with van der Waals surface area (Å²) in [7, 11) is -1.44. The first-order chi connectivity index (χ1) is 3.56. The lowest BCUT2D eigenvalue weighted by Crippen LogP contribution is -2.18. The molecule has 0 aliphatic heterocycles. The van der Waals surface area contributed by atoms with Crippen molar-refractivity contribution in [3.63, 3.8) is 0 Å². The van der Waals surface area contributed by atoms with E-state index in [9.17, 15) is 0 Å². The standard InChI is InChI=1S/C5H15NOS/c1-4-5-6-8(2,3)7/h6-7H,4-5H2,1-3H3. The molecule has 0 unspecified atom stereocenters. The molecule has 0 saturated heterocycles. The van der Waals surface area contributed by atoms with Crippen LogP contribution in [0.25, 0.3) is 0 Å². The molecule has 0 rings (SSSR count). The van der Waals surface area contributed by atoms with Gasteiger partial charge in [-0.25, -0.2) is 0 Å². The molecular weight excluding hydrogens is 122 g/mol. The van der Waals surface area contributed by atoms with Gasteiger partial charge >= 0.3 is 0 Å². The predicted octanol–water partition coefficient (Wildman–Crippen LogP) is 1.44. The molecule has 0 fully saturated rings. The van der Waals surface area contributed by atoms with Gasteiger partial charge in [-0.15, -0.1) is 0 Å². The van der Waals surface area contributed by atoms with Crippen molar-refractivity contribution >= 4 is 10.5 Å². The molecule has 0 aromatic carbocycles. The lowest BCUT2D eigenvalue weighted by molar-refractivity contribution is 0.618. The van der Waals surface area contributed by atoms with E-state index in [-0.39, 0.29) is 0 Å². The smallest absolute Gasteiger partial charge is 0.00598 e. The Labute approximate surface area is 52.9 Å². The van der Waals surface area contributed by atoms with Crippen molar-refractivity contribution in [1.82, 2.24) is 4.72 Å². The third-order valence-corrected chi connectivity index (χ3v) is 1.62. The number of nitrogens with one attached hydrogen (secondary N) is 1. The van der Waals surface area contributed by atoms with Gasteiger partial charge in [-0.1, -0.05) is 17.4 Å². The molecule has 0 aliphatic carbocycles. The van der Waals surface area contributed by atoms with Crippen LogP contribution in [0.1, 0.15) is 13.3 Å². The maximum absolute atomic E-state index is 9.12. The second kappa shape index (κ2) is 3.33. The third kappa shape index (κ3) is 6.27. The van der Waals surface area contributed by atoms with E-state index in [1.807, 2.05) is 12.5 Å². The highest BCUT2D eigenvalue weighted by molar-refractivity contribution is 8.26. The summed E-state index contributed by atoms with van der Waals surface area (Å²) in [6, 6.07) is 0. The molecule has 3 heteroatoms. The Morgan fingerprint density at radius 3 is 2.12 bits per heavy atom. The predicted molar refractivity (Wildman–Crippen MR) is 40.4 cm³/mol. The van der Waals surface area contributed by atoms with Gasteiger partial charge in [0.1, 0.15) is 0 Å². The first kappa shape index (κ1) is 8.27. The maximum Gasteiger partial charge on any atom is 0.00598 e. The molecule has 0 aromatic heterocycles. The Bertz CT molecular complexity index is 59.9. The van der Waals surface area contributed by atoms with Crippen LogP contribution < -0.4 is 4.72 Å². The van der Waals surface area contributed by atoms with Crippen LogP contribution in [0.5, 0.6) is 0 Å². The highest BCUT2D eigenvalue weighted by Gasteiger charge is 2.00. The van der Waals surface area contributed by atoms with E-state index in [0.29, 0.717) is 0 Å². The van der Waals surface area contributed by atoms with Crippen LogP contribution in [-0.4, -0.2) is 23.6 Å². The largest absolute Gasteiger partial charge is 0.339 e. The van der Waals surface area contributed by atoms with Gasteiger partial charge in [0.05, 0.1) is 0 Å². The zero-order valence-electron chi connectivity index (χ0n) is 5.77. The molecule has 52 valence electrons. The summed E-state index contributed by atoms with van der Waals surface area (Å²) < 4.78 is 12.1. The van der Waals surface area contributed by atoms with Crippen LogP contribution >= 0.6 is 10.5 Å². The van der Waals surface area contributed by atoms with Crippen LogP contribution in [0.3, 0.4) is 0 Å². The van der Waals surface area contributed by atoms with Gasteiger partial charge in [0, 0.05) is 6.54 Å². The maximum atomic E-state index is 9.12. The minimum Gasteiger partial charge on any atom is -0.339 e. The Hall–Kier alpha value is 0.270. The molecule has 0 saturated carbocycles. The first-order valence-corrected chi connectivity index (χ1v) is 5.17. The van der Waals surface area contributed by atoms with E-state index < -0.39 is 10.5 Å². The second-order valence-electron chi connectivity index (χ2n) is 2.17. The summed E-state index contributed by atoms with van der Waals surface area (Å²) in [6.07, 6.45) is 4.72. The van der Waals surface area contributed by atoms with Crippen molar-refractivity contribution in [2.45, 2.75) is 13.3 Å². The Morgan fingerprint density at radius 2 is 2.00 bits per heavy atom. The van der Waals surface area contributed by atoms with Gasteiger partial charge in [-0.3, -0.25) is 4.72 Å². The second-order valence-corrected chi connectivity index (χ2v) is 5.00. The van der Waals surface area contributed by atoms with E-state index >= 15 is 0 Å². The van der Waals surface area contributed by atoms with Gasteiger partial charge in [-0.2, -0.15) is 0 Å².